The van der Waals surface area contributed by atoms with E-state index in [1.54, 1.807) is 18.2 Å². The van der Waals surface area contributed by atoms with E-state index < -0.39 is 11.9 Å². The topological polar surface area (TPSA) is 90.3 Å². The molecule has 0 spiro atoms. The summed E-state index contributed by atoms with van der Waals surface area (Å²) >= 11 is 12.0. The average Bonchev–Trinajstić information content (AvgIpc) is 2.56. The van der Waals surface area contributed by atoms with Crippen LogP contribution in [0.5, 0.6) is 5.75 Å². The SMILES string of the molecule is CN1CCN(CCCOc2cc(Cl)ccc2Cl)CC1.O=C(O)C(=O)O. The van der Waals surface area contributed by atoms with Gasteiger partial charge in [-0.3, -0.25) is 0 Å². The van der Waals surface area contributed by atoms with E-state index in [0.717, 1.165) is 39.1 Å². The van der Waals surface area contributed by atoms with E-state index in [1.165, 1.54) is 0 Å². The first kappa shape index (κ1) is 21.5. The standard InChI is InChI=1S/C14H20Cl2N2O.C2H2O4/c1-17-6-8-18(9-7-17)5-2-10-19-14-11-12(15)3-4-13(14)16;3-1(4)2(5)6/h3-4,11H,2,5-10H2,1H3;(H,3,4)(H,5,6). The summed E-state index contributed by atoms with van der Waals surface area (Å²) < 4.78 is 5.68. The Kier molecular flexibility index (Phi) is 9.59. The zero-order chi connectivity index (χ0) is 18.8. The lowest BCUT2D eigenvalue weighted by atomic mass is 10.3. The molecule has 1 saturated heterocycles. The van der Waals surface area contributed by atoms with Crippen molar-refractivity contribution in [3.63, 3.8) is 0 Å². The van der Waals surface area contributed by atoms with Gasteiger partial charge in [0, 0.05) is 43.8 Å². The smallest absolute Gasteiger partial charge is 0.414 e. The molecule has 25 heavy (non-hydrogen) atoms. The Morgan fingerprint density at radius 3 is 2.28 bits per heavy atom. The quantitative estimate of drug-likeness (QED) is 0.585. The highest BCUT2D eigenvalue weighted by Crippen LogP contribution is 2.27. The lowest BCUT2D eigenvalue weighted by Crippen LogP contribution is -2.44. The molecule has 7 nitrogen and oxygen atoms in total. The van der Waals surface area contributed by atoms with E-state index in [4.69, 9.17) is 47.7 Å². The van der Waals surface area contributed by atoms with Crippen LogP contribution in [-0.2, 0) is 9.59 Å². The van der Waals surface area contributed by atoms with Gasteiger partial charge in [0.25, 0.3) is 0 Å². The molecule has 1 aromatic rings. The highest BCUT2D eigenvalue weighted by Gasteiger charge is 2.13. The number of rotatable bonds is 5. The third-order valence-corrected chi connectivity index (χ3v) is 4.10. The zero-order valence-electron chi connectivity index (χ0n) is 14.0. The third kappa shape index (κ3) is 8.92. The first-order valence-corrected chi connectivity index (χ1v) is 8.50. The lowest BCUT2D eigenvalue weighted by Gasteiger charge is -2.32. The maximum atomic E-state index is 9.10. The molecule has 1 aliphatic heterocycles. The van der Waals surface area contributed by atoms with E-state index in [0.29, 0.717) is 22.4 Å². The van der Waals surface area contributed by atoms with Crippen molar-refractivity contribution in [1.29, 1.82) is 0 Å². The Balaban J connectivity index is 0.000000450. The van der Waals surface area contributed by atoms with Gasteiger partial charge in [0.15, 0.2) is 0 Å². The van der Waals surface area contributed by atoms with Gasteiger partial charge in [0.05, 0.1) is 11.6 Å². The second kappa shape index (κ2) is 11.1. The molecule has 0 aliphatic carbocycles. The molecular formula is C16H22Cl2N2O5. The number of aliphatic carboxylic acids is 2. The maximum absolute atomic E-state index is 9.10. The summed E-state index contributed by atoms with van der Waals surface area (Å²) in [6, 6.07) is 5.29. The van der Waals surface area contributed by atoms with Gasteiger partial charge >= 0.3 is 11.9 Å². The van der Waals surface area contributed by atoms with Gasteiger partial charge < -0.3 is 24.7 Å². The van der Waals surface area contributed by atoms with E-state index in [-0.39, 0.29) is 0 Å². The van der Waals surface area contributed by atoms with Gasteiger partial charge in [-0.25, -0.2) is 9.59 Å². The summed E-state index contributed by atoms with van der Waals surface area (Å²) in [5.74, 6) is -2.97. The fourth-order valence-electron chi connectivity index (χ4n) is 2.13. The Morgan fingerprint density at radius 1 is 1.12 bits per heavy atom. The monoisotopic (exact) mass is 392 g/mol. The van der Waals surface area contributed by atoms with Crippen LogP contribution in [0.15, 0.2) is 18.2 Å². The second-order valence-corrected chi connectivity index (χ2v) is 6.38. The van der Waals surface area contributed by atoms with Gasteiger partial charge in [-0.1, -0.05) is 23.2 Å². The van der Waals surface area contributed by atoms with Crippen LogP contribution in [0.1, 0.15) is 6.42 Å². The number of piperazine rings is 1. The molecule has 1 heterocycles. The number of halogens is 2. The van der Waals surface area contributed by atoms with Crippen LogP contribution in [0.25, 0.3) is 0 Å². The predicted molar refractivity (Wildman–Crippen MR) is 95.8 cm³/mol. The van der Waals surface area contributed by atoms with Crippen molar-refractivity contribution in [1.82, 2.24) is 9.80 Å². The highest BCUT2D eigenvalue weighted by molar-refractivity contribution is 6.34. The van der Waals surface area contributed by atoms with Crippen molar-refractivity contribution in [2.75, 3.05) is 46.4 Å². The minimum atomic E-state index is -1.82. The molecule has 0 saturated carbocycles. The lowest BCUT2D eigenvalue weighted by molar-refractivity contribution is -0.159. The van der Waals surface area contributed by atoms with Gasteiger partial charge in [-0.2, -0.15) is 0 Å². The molecule has 140 valence electrons. The summed E-state index contributed by atoms with van der Waals surface area (Å²) in [4.78, 5) is 23.0. The summed E-state index contributed by atoms with van der Waals surface area (Å²) in [5, 5.41) is 16.0. The van der Waals surface area contributed by atoms with Gasteiger partial charge in [-0.15, -0.1) is 0 Å². The van der Waals surface area contributed by atoms with Crippen molar-refractivity contribution in [2.45, 2.75) is 6.42 Å². The summed E-state index contributed by atoms with van der Waals surface area (Å²) in [6.45, 7) is 6.35. The first-order chi connectivity index (χ1) is 11.8. The van der Waals surface area contributed by atoms with Gasteiger partial charge in [0.1, 0.15) is 5.75 Å². The molecule has 2 N–H and O–H groups in total. The number of carboxylic acid groups (broad SMARTS) is 2. The number of hydrogen-bond acceptors (Lipinski definition) is 5. The van der Waals surface area contributed by atoms with Crippen molar-refractivity contribution >= 4 is 35.1 Å². The molecule has 0 radical (unpaired) electrons. The molecule has 0 aromatic heterocycles. The predicted octanol–water partition coefficient (Wildman–Crippen LogP) is 2.17. The number of likely N-dealkylation sites (N-methyl/N-ethyl adjacent to an activating group) is 1. The Morgan fingerprint density at radius 2 is 1.72 bits per heavy atom. The number of nitrogens with zero attached hydrogens (tertiary/aromatic N) is 2. The van der Waals surface area contributed by atoms with Crippen molar-refractivity contribution in [2.24, 2.45) is 0 Å². The second-order valence-electron chi connectivity index (χ2n) is 5.53. The molecule has 0 amide bonds. The molecule has 0 atom stereocenters. The third-order valence-electron chi connectivity index (χ3n) is 3.55. The Labute approximate surface area is 156 Å². The number of carbonyl (C=O) groups is 2. The zero-order valence-corrected chi connectivity index (χ0v) is 15.5. The number of ether oxygens (including phenoxy) is 1. The van der Waals surface area contributed by atoms with Crippen LogP contribution >= 0.6 is 23.2 Å². The van der Waals surface area contributed by atoms with Crippen LogP contribution < -0.4 is 4.74 Å². The molecule has 1 aromatic carbocycles. The summed E-state index contributed by atoms with van der Waals surface area (Å²) in [6.07, 6.45) is 1.01. The molecular weight excluding hydrogens is 371 g/mol. The molecule has 2 rings (SSSR count). The average molecular weight is 393 g/mol. The van der Waals surface area contributed by atoms with Crippen molar-refractivity contribution in [3.8, 4) is 5.75 Å². The molecule has 9 heteroatoms. The number of hydrogen-bond donors (Lipinski definition) is 2. The molecule has 1 fully saturated rings. The Bertz CT molecular complexity index is 566. The van der Waals surface area contributed by atoms with Gasteiger partial charge in [0.2, 0.25) is 0 Å². The normalized spacial score (nSPS) is 15.2. The maximum Gasteiger partial charge on any atom is 0.414 e. The minimum absolute atomic E-state index is 0.615. The molecule has 0 unspecified atom stereocenters. The number of carboxylic acids is 2. The molecule has 0 bridgehead atoms. The largest absolute Gasteiger partial charge is 0.492 e. The first-order valence-electron chi connectivity index (χ1n) is 7.74. The van der Waals surface area contributed by atoms with Crippen molar-refractivity contribution in [3.05, 3.63) is 28.2 Å². The minimum Gasteiger partial charge on any atom is -0.492 e. The van der Waals surface area contributed by atoms with E-state index >= 15 is 0 Å². The summed E-state index contributed by atoms with van der Waals surface area (Å²) in [7, 11) is 2.17. The van der Waals surface area contributed by atoms with Crippen LogP contribution in [0, 0.1) is 0 Å². The van der Waals surface area contributed by atoms with Crippen LogP contribution in [0.3, 0.4) is 0 Å². The molecule has 1 aliphatic rings. The fraction of sp³-hybridized carbons (Fsp3) is 0.500. The van der Waals surface area contributed by atoms with Crippen LogP contribution in [0.4, 0.5) is 0 Å². The van der Waals surface area contributed by atoms with E-state index in [9.17, 15) is 0 Å². The van der Waals surface area contributed by atoms with E-state index in [1.807, 2.05) is 0 Å². The van der Waals surface area contributed by atoms with Crippen molar-refractivity contribution < 1.29 is 24.5 Å². The van der Waals surface area contributed by atoms with Crippen LogP contribution in [0.2, 0.25) is 10.0 Å². The highest BCUT2D eigenvalue weighted by atomic mass is 35.5. The fourth-order valence-corrected chi connectivity index (χ4v) is 2.46. The van der Waals surface area contributed by atoms with Gasteiger partial charge in [-0.05, 0) is 25.6 Å². The van der Waals surface area contributed by atoms with E-state index in [2.05, 4.69) is 16.8 Å². The van der Waals surface area contributed by atoms with Crippen LogP contribution in [-0.4, -0.2) is 78.3 Å². The Hall–Kier alpha value is -1.54. The number of benzene rings is 1. The summed E-state index contributed by atoms with van der Waals surface area (Å²) in [5.41, 5.74) is 0.